The van der Waals surface area contributed by atoms with Crippen molar-refractivity contribution < 1.29 is 14.4 Å². The molecule has 3 aromatic rings. The summed E-state index contributed by atoms with van der Waals surface area (Å²) >= 11 is 0.998. The Balaban J connectivity index is 1.54. The highest BCUT2D eigenvalue weighted by Gasteiger charge is 2.29. The molecular formula is C21H17N3O4S. The van der Waals surface area contributed by atoms with Gasteiger partial charge in [-0.15, -0.1) is 0 Å². The molecule has 4 rings (SSSR count). The van der Waals surface area contributed by atoms with Crippen molar-refractivity contribution in [3.05, 3.63) is 76.1 Å². The van der Waals surface area contributed by atoms with Gasteiger partial charge in [-0.2, -0.15) is 0 Å². The number of anilines is 1. The topological polar surface area (TPSA) is 88.5 Å². The normalized spacial score (nSPS) is 13.9. The van der Waals surface area contributed by atoms with Crippen LogP contribution in [0.3, 0.4) is 0 Å². The quantitative estimate of drug-likeness (QED) is 0.718. The van der Waals surface area contributed by atoms with E-state index in [1.54, 1.807) is 43.4 Å². The number of carbonyl (C=O) groups is 3. The highest BCUT2D eigenvalue weighted by molar-refractivity contribution is 8.14. The second kappa shape index (κ2) is 7.56. The average molecular weight is 407 g/mol. The minimum Gasteiger partial charge on any atom is -0.322 e. The summed E-state index contributed by atoms with van der Waals surface area (Å²) in [5, 5.41) is 3.24. The Morgan fingerprint density at radius 3 is 2.48 bits per heavy atom. The molecule has 7 nitrogen and oxygen atoms in total. The van der Waals surface area contributed by atoms with Crippen LogP contribution in [0.1, 0.15) is 15.9 Å². The van der Waals surface area contributed by atoms with Crippen molar-refractivity contribution in [1.29, 1.82) is 0 Å². The molecule has 0 saturated carbocycles. The lowest BCUT2D eigenvalue weighted by atomic mass is 10.1. The molecule has 0 unspecified atom stereocenters. The van der Waals surface area contributed by atoms with Crippen LogP contribution in [-0.2, 0) is 18.4 Å². The number of nitrogens with zero attached hydrogens (tertiary/aromatic N) is 2. The summed E-state index contributed by atoms with van der Waals surface area (Å²) in [6, 6.07) is 15.5. The molecule has 2 aromatic carbocycles. The fraction of sp³-hybridized carbons (Fsp3) is 0.143. The van der Waals surface area contributed by atoms with E-state index in [9.17, 15) is 19.2 Å². The van der Waals surface area contributed by atoms with Gasteiger partial charge in [0.25, 0.3) is 16.7 Å². The van der Waals surface area contributed by atoms with Gasteiger partial charge in [0.15, 0.2) is 0 Å². The maximum Gasteiger partial charge on any atom is 0.289 e. The van der Waals surface area contributed by atoms with Gasteiger partial charge in [-0.25, -0.2) is 0 Å². The van der Waals surface area contributed by atoms with Crippen LogP contribution in [0.15, 0.2) is 59.4 Å². The SMILES string of the molecule is Cn1c(=O)cc(C(=O)Nc2ccc(CN3C(=O)CSC3=O)cc2)c2ccccc21. The Bertz CT molecular complexity index is 1180. The van der Waals surface area contributed by atoms with Crippen LogP contribution in [-0.4, -0.2) is 32.3 Å². The fourth-order valence-corrected chi connectivity index (χ4v) is 3.93. The molecule has 0 aliphatic carbocycles. The second-order valence-corrected chi connectivity index (χ2v) is 7.58. The number of hydrogen-bond donors (Lipinski definition) is 1. The summed E-state index contributed by atoms with van der Waals surface area (Å²) in [5.41, 5.74) is 2.06. The number of rotatable bonds is 4. The maximum atomic E-state index is 12.8. The van der Waals surface area contributed by atoms with Crippen molar-refractivity contribution in [3.63, 3.8) is 0 Å². The van der Waals surface area contributed by atoms with E-state index >= 15 is 0 Å². The van der Waals surface area contributed by atoms with Crippen molar-refractivity contribution in [1.82, 2.24) is 9.47 Å². The highest BCUT2D eigenvalue weighted by Crippen LogP contribution is 2.22. The number of thioether (sulfide) groups is 1. The van der Waals surface area contributed by atoms with Crippen LogP contribution < -0.4 is 10.9 Å². The first-order chi connectivity index (χ1) is 13.9. The van der Waals surface area contributed by atoms with Gasteiger partial charge in [0.2, 0.25) is 5.91 Å². The van der Waals surface area contributed by atoms with E-state index in [1.165, 1.54) is 15.5 Å². The number of nitrogens with one attached hydrogen (secondary N) is 1. The van der Waals surface area contributed by atoms with Crippen LogP contribution in [0.25, 0.3) is 10.9 Å². The Morgan fingerprint density at radius 1 is 1.07 bits per heavy atom. The molecule has 146 valence electrons. The van der Waals surface area contributed by atoms with E-state index < -0.39 is 0 Å². The van der Waals surface area contributed by atoms with Gasteiger partial charge in [-0.3, -0.25) is 24.1 Å². The number of benzene rings is 2. The average Bonchev–Trinajstić information content (AvgIpc) is 3.04. The van der Waals surface area contributed by atoms with Gasteiger partial charge in [0.1, 0.15) is 0 Å². The first-order valence-electron chi connectivity index (χ1n) is 8.90. The molecular weight excluding hydrogens is 390 g/mol. The monoisotopic (exact) mass is 407 g/mol. The van der Waals surface area contributed by atoms with Crippen LogP contribution in [0.4, 0.5) is 10.5 Å². The van der Waals surface area contributed by atoms with Crippen LogP contribution in [0, 0.1) is 0 Å². The third-order valence-corrected chi connectivity index (χ3v) is 5.65. The number of amides is 3. The van der Waals surface area contributed by atoms with E-state index in [1.807, 2.05) is 12.1 Å². The molecule has 1 aliphatic rings. The minimum absolute atomic E-state index is 0.178. The molecule has 2 heterocycles. The lowest BCUT2D eigenvalue weighted by Gasteiger charge is -2.13. The zero-order valence-corrected chi connectivity index (χ0v) is 16.4. The molecule has 0 radical (unpaired) electrons. The number of imide groups is 1. The van der Waals surface area contributed by atoms with Crippen LogP contribution in [0.5, 0.6) is 0 Å². The van der Waals surface area contributed by atoms with Crippen molar-refractivity contribution in [2.45, 2.75) is 6.54 Å². The standard InChI is InChI=1S/C21H17N3O4S/c1-23-17-5-3-2-4-15(17)16(10-18(23)25)20(27)22-14-8-6-13(7-9-14)11-24-19(26)12-29-21(24)28/h2-10H,11-12H2,1H3,(H,22,27). The van der Waals surface area contributed by atoms with Gasteiger partial charge < -0.3 is 9.88 Å². The Labute approximate surface area is 170 Å². The summed E-state index contributed by atoms with van der Waals surface area (Å²) in [5.74, 6) is -0.403. The minimum atomic E-state index is -0.382. The smallest absolute Gasteiger partial charge is 0.289 e. The largest absolute Gasteiger partial charge is 0.322 e. The molecule has 3 amide bonds. The van der Waals surface area contributed by atoms with Crippen LogP contribution in [0.2, 0.25) is 0 Å². The zero-order chi connectivity index (χ0) is 20.5. The summed E-state index contributed by atoms with van der Waals surface area (Å²) in [4.78, 5) is 49.6. The fourth-order valence-electron chi connectivity index (χ4n) is 3.21. The molecule has 1 saturated heterocycles. The Kier molecular flexibility index (Phi) is 4.94. The number of aryl methyl sites for hydroxylation is 1. The molecule has 0 spiro atoms. The van der Waals surface area contributed by atoms with Gasteiger partial charge in [-0.1, -0.05) is 42.1 Å². The first kappa shape index (κ1) is 18.9. The third kappa shape index (κ3) is 3.66. The molecule has 29 heavy (non-hydrogen) atoms. The van der Waals surface area contributed by atoms with Gasteiger partial charge in [-0.05, 0) is 23.8 Å². The van der Waals surface area contributed by atoms with E-state index in [0.717, 1.165) is 17.3 Å². The first-order valence-corrected chi connectivity index (χ1v) is 9.89. The van der Waals surface area contributed by atoms with E-state index in [2.05, 4.69) is 5.32 Å². The molecule has 0 bridgehead atoms. The van der Waals surface area contributed by atoms with Crippen molar-refractivity contribution in [3.8, 4) is 0 Å². The number of para-hydroxylation sites is 1. The predicted molar refractivity (Wildman–Crippen MR) is 112 cm³/mol. The highest BCUT2D eigenvalue weighted by atomic mass is 32.2. The van der Waals surface area contributed by atoms with Crippen molar-refractivity contribution >= 4 is 45.4 Å². The van der Waals surface area contributed by atoms with Gasteiger partial charge in [0.05, 0.1) is 23.4 Å². The zero-order valence-electron chi connectivity index (χ0n) is 15.5. The summed E-state index contributed by atoms with van der Waals surface area (Å²) in [6.07, 6.45) is 0. The molecule has 8 heteroatoms. The van der Waals surface area contributed by atoms with E-state index in [4.69, 9.17) is 0 Å². The summed E-state index contributed by atoms with van der Waals surface area (Å²) < 4.78 is 1.50. The number of pyridine rings is 1. The Morgan fingerprint density at radius 2 is 1.79 bits per heavy atom. The molecule has 1 aromatic heterocycles. The lowest BCUT2D eigenvalue weighted by Crippen LogP contribution is -2.27. The number of aromatic nitrogens is 1. The van der Waals surface area contributed by atoms with E-state index in [0.29, 0.717) is 22.2 Å². The number of carbonyl (C=O) groups excluding carboxylic acids is 3. The summed E-state index contributed by atoms with van der Waals surface area (Å²) in [6.45, 7) is 0.207. The van der Waals surface area contributed by atoms with E-state index in [-0.39, 0.29) is 34.9 Å². The van der Waals surface area contributed by atoms with Crippen molar-refractivity contribution in [2.75, 3.05) is 11.1 Å². The molecule has 1 fully saturated rings. The van der Waals surface area contributed by atoms with Crippen molar-refractivity contribution in [2.24, 2.45) is 7.05 Å². The van der Waals surface area contributed by atoms with Gasteiger partial charge >= 0.3 is 0 Å². The lowest BCUT2D eigenvalue weighted by molar-refractivity contribution is -0.125. The van der Waals surface area contributed by atoms with Gasteiger partial charge in [0, 0.05) is 24.2 Å². The predicted octanol–water partition coefficient (Wildman–Crippen LogP) is 2.99. The molecule has 1 aliphatic heterocycles. The molecule has 1 N–H and O–H groups in total. The summed E-state index contributed by atoms with van der Waals surface area (Å²) in [7, 11) is 1.67. The maximum absolute atomic E-state index is 12.8. The number of hydrogen-bond acceptors (Lipinski definition) is 5. The Hall–Kier alpha value is -3.39. The number of fused-ring (bicyclic) bond motifs is 1. The third-order valence-electron chi connectivity index (χ3n) is 4.79. The molecule has 0 atom stereocenters. The van der Waals surface area contributed by atoms with Crippen LogP contribution >= 0.6 is 11.8 Å². The second-order valence-electron chi connectivity index (χ2n) is 6.66.